The summed E-state index contributed by atoms with van der Waals surface area (Å²) in [7, 11) is 0. The first-order chi connectivity index (χ1) is 9.16. The van der Waals surface area contributed by atoms with Gasteiger partial charge in [-0.1, -0.05) is 59.5 Å². The number of hydrogen-bond acceptors (Lipinski definition) is 1. The summed E-state index contributed by atoms with van der Waals surface area (Å²) in [5.74, 6) is -0.116. The summed E-state index contributed by atoms with van der Waals surface area (Å²) in [6.07, 6.45) is 10.2. The maximum atomic E-state index is 10.5. The van der Waals surface area contributed by atoms with Gasteiger partial charge in [-0.15, -0.1) is 0 Å². The highest BCUT2D eigenvalue weighted by Crippen LogP contribution is 2.36. The Morgan fingerprint density at radius 1 is 1.32 bits per heavy atom. The molecule has 1 aliphatic carbocycles. The summed E-state index contributed by atoms with van der Waals surface area (Å²) in [5.41, 5.74) is 2.45. The molecule has 1 N–H and O–H groups in total. The van der Waals surface area contributed by atoms with E-state index in [0.29, 0.717) is 5.92 Å². The zero-order valence-electron chi connectivity index (χ0n) is 10.9. The Balaban J connectivity index is 2.08. The van der Waals surface area contributed by atoms with E-state index in [1.165, 1.54) is 37.7 Å². The van der Waals surface area contributed by atoms with Crippen LogP contribution in [-0.2, 0) is 4.79 Å². The van der Waals surface area contributed by atoms with Crippen LogP contribution in [0.25, 0.3) is 6.08 Å². The van der Waals surface area contributed by atoms with Crippen molar-refractivity contribution < 1.29 is 9.90 Å². The van der Waals surface area contributed by atoms with E-state index in [9.17, 15) is 4.79 Å². The van der Waals surface area contributed by atoms with Crippen molar-refractivity contribution in [1.82, 2.24) is 0 Å². The predicted octanol–water partition coefficient (Wildman–Crippen LogP) is 4.98. The molecule has 2 nitrogen and oxygen atoms in total. The highest BCUT2D eigenvalue weighted by molar-refractivity contribution is 9.10. The average molecular weight is 323 g/mol. The third-order valence-electron chi connectivity index (χ3n) is 3.67. The maximum absolute atomic E-state index is 10.5. The molecule has 1 fully saturated rings. The van der Waals surface area contributed by atoms with E-state index in [1.807, 2.05) is 6.08 Å². The number of benzene rings is 1. The SMILES string of the molecule is O=C(O)C/C=C/c1ccc(C2CCCCC2)c(Br)c1. The zero-order chi connectivity index (χ0) is 13.7. The maximum Gasteiger partial charge on any atom is 0.307 e. The van der Waals surface area contributed by atoms with E-state index >= 15 is 0 Å². The lowest BCUT2D eigenvalue weighted by molar-refractivity contribution is -0.135. The van der Waals surface area contributed by atoms with Crippen molar-refractivity contribution in [3.8, 4) is 0 Å². The van der Waals surface area contributed by atoms with Crippen molar-refractivity contribution in [2.75, 3.05) is 0 Å². The average Bonchev–Trinajstić information content (AvgIpc) is 2.39. The summed E-state index contributed by atoms with van der Waals surface area (Å²) in [4.78, 5) is 10.5. The quantitative estimate of drug-likeness (QED) is 0.848. The van der Waals surface area contributed by atoms with Crippen LogP contribution in [0.4, 0.5) is 0 Å². The third kappa shape index (κ3) is 4.20. The second-order valence-corrected chi connectivity index (χ2v) is 5.97. The zero-order valence-corrected chi connectivity index (χ0v) is 12.5. The van der Waals surface area contributed by atoms with Crippen LogP contribution in [0.5, 0.6) is 0 Å². The lowest BCUT2D eigenvalue weighted by Gasteiger charge is -2.23. The van der Waals surface area contributed by atoms with E-state index in [0.717, 1.165) is 10.0 Å². The Morgan fingerprint density at radius 3 is 2.68 bits per heavy atom. The lowest BCUT2D eigenvalue weighted by atomic mass is 9.84. The van der Waals surface area contributed by atoms with Crippen molar-refractivity contribution in [3.63, 3.8) is 0 Å². The fourth-order valence-corrected chi connectivity index (χ4v) is 3.41. The number of carboxylic acid groups (broad SMARTS) is 1. The normalized spacial score (nSPS) is 16.9. The molecule has 102 valence electrons. The molecule has 0 atom stereocenters. The first-order valence-corrected chi connectivity index (χ1v) is 7.64. The second-order valence-electron chi connectivity index (χ2n) is 5.12. The molecule has 1 aromatic carbocycles. The summed E-state index contributed by atoms with van der Waals surface area (Å²) >= 11 is 3.65. The lowest BCUT2D eigenvalue weighted by Crippen LogP contribution is -2.05. The van der Waals surface area contributed by atoms with E-state index < -0.39 is 5.97 Å². The van der Waals surface area contributed by atoms with E-state index in [4.69, 9.17) is 5.11 Å². The molecule has 2 rings (SSSR count). The largest absolute Gasteiger partial charge is 0.481 e. The van der Waals surface area contributed by atoms with Crippen LogP contribution in [0.15, 0.2) is 28.7 Å². The summed E-state index contributed by atoms with van der Waals surface area (Å²) in [6.45, 7) is 0. The predicted molar refractivity (Wildman–Crippen MR) is 81.3 cm³/mol. The van der Waals surface area contributed by atoms with Gasteiger partial charge in [-0.3, -0.25) is 4.79 Å². The Hall–Kier alpha value is -1.09. The molecule has 1 saturated carbocycles. The number of carboxylic acids is 1. The standard InChI is InChI=1S/C16H19BrO2/c17-15-11-12(5-4-8-16(18)19)9-10-14(15)13-6-2-1-3-7-13/h4-5,9-11,13H,1-3,6-8H2,(H,18,19)/b5-4+. The molecule has 1 aliphatic rings. The highest BCUT2D eigenvalue weighted by Gasteiger charge is 2.17. The van der Waals surface area contributed by atoms with Crippen LogP contribution < -0.4 is 0 Å². The number of hydrogen-bond donors (Lipinski definition) is 1. The van der Waals surface area contributed by atoms with Gasteiger partial charge < -0.3 is 5.11 Å². The minimum Gasteiger partial charge on any atom is -0.481 e. The molecule has 3 heteroatoms. The molecule has 0 aliphatic heterocycles. The Kier molecular flexibility index (Phi) is 5.20. The fourth-order valence-electron chi connectivity index (χ4n) is 2.69. The number of halogens is 1. The topological polar surface area (TPSA) is 37.3 Å². The van der Waals surface area contributed by atoms with Crippen molar-refractivity contribution in [1.29, 1.82) is 0 Å². The minimum atomic E-state index is -0.797. The molecule has 0 heterocycles. The number of carbonyl (C=O) groups is 1. The van der Waals surface area contributed by atoms with Crippen LogP contribution in [0, 0.1) is 0 Å². The van der Waals surface area contributed by atoms with Crippen LogP contribution in [0.3, 0.4) is 0 Å². The number of rotatable bonds is 4. The van der Waals surface area contributed by atoms with Crippen LogP contribution in [0.1, 0.15) is 55.6 Å². The van der Waals surface area contributed by atoms with Gasteiger partial charge in [0.25, 0.3) is 0 Å². The van der Waals surface area contributed by atoms with Gasteiger partial charge in [0.2, 0.25) is 0 Å². The van der Waals surface area contributed by atoms with Crippen molar-refractivity contribution in [2.45, 2.75) is 44.4 Å². The first kappa shape index (κ1) is 14.3. The van der Waals surface area contributed by atoms with Gasteiger partial charge in [-0.05, 0) is 36.0 Å². The number of aliphatic carboxylic acids is 1. The van der Waals surface area contributed by atoms with Gasteiger partial charge in [0.05, 0.1) is 6.42 Å². The van der Waals surface area contributed by atoms with Gasteiger partial charge in [0.15, 0.2) is 0 Å². The van der Waals surface area contributed by atoms with E-state index in [1.54, 1.807) is 6.08 Å². The molecule has 0 aromatic heterocycles. The Bertz CT molecular complexity index is 474. The van der Waals surface area contributed by atoms with Gasteiger partial charge in [-0.2, -0.15) is 0 Å². The van der Waals surface area contributed by atoms with Gasteiger partial charge in [-0.25, -0.2) is 0 Å². The molecule has 0 spiro atoms. The van der Waals surface area contributed by atoms with Gasteiger partial charge in [0.1, 0.15) is 0 Å². The first-order valence-electron chi connectivity index (χ1n) is 6.84. The van der Waals surface area contributed by atoms with Crippen molar-refractivity contribution in [2.24, 2.45) is 0 Å². The van der Waals surface area contributed by atoms with E-state index in [-0.39, 0.29) is 6.42 Å². The van der Waals surface area contributed by atoms with Crippen molar-refractivity contribution in [3.05, 3.63) is 39.9 Å². The molecular weight excluding hydrogens is 304 g/mol. The van der Waals surface area contributed by atoms with Crippen LogP contribution >= 0.6 is 15.9 Å². The van der Waals surface area contributed by atoms with E-state index in [2.05, 4.69) is 34.1 Å². The summed E-state index contributed by atoms with van der Waals surface area (Å²) < 4.78 is 1.15. The van der Waals surface area contributed by atoms with Gasteiger partial charge >= 0.3 is 5.97 Å². The molecule has 0 bridgehead atoms. The van der Waals surface area contributed by atoms with Crippen molar-refractivity contribution >= 4 is 28.0 Å². The summed E-state index contributed by atoms with van der Waals surface area (Å²) in [5, 5.41) is 8.60. The molecule has 1 aromatic rings. The van der Waals surface area contributed by atoms with Crippen LogP contribution in [-0.4, -0.2) is 11.1 Å². The summed E-state index contributed by atoms with van der Waals surface area (Å²) in [6, 6.07) is 6.34. The molecule has 0 radical (unpaired) electrons. The Labute approximate surface area is 122 Å². The van der Waals surface area contributed by atoms with Crippen LogP contribution in [0.2, 0.25) is 0 Å². The van der Waals surface area contributed by atoms with Gasteiger partial charge in [0, 0.05) is 4.47 Å². The fraction of sp³-hybridized carbons (Fsp3) is 0.438. The Morgan fingerprint density at radius 2 is 2.05 bits per heavy atom. The molecular formula is C16H19BrO2. The second kappa shape index (κ2) is 6.90. The molecule has 0 amide bonds. The molecule has 19 heavy (non-hydrogen) atoms. The molecule has 0 unspecified atom stereocenters. The third-order valence-corrected chi connectivity index (χ3v) is 4.36. The monoisotopic (exact) mass is 322 g/mol. The highest BCUT2D eigenvalue weighted by atomic mass is 79.9. The molecule has 0 saturated heterocycles. The smallest absolute Gasteiger partial charge is 0.307 e. The minimum absolute atomic E-state index is 0.0714.